The predicted molar refractivity (Wildman–Crippen MR) is 83.2 cm³/mol. The third kappa shape index (κ3) is 5.09. The van der Waals surface area contributed by atoms with Crippen LogP contribution in [0.3, 0.4) is 0 Å². The minimum Gasteiger partial charge on any atom is -0.388 e. The molecule has 0 heterocycles. The zero-order valence-corrected chi connectivity index (χ0v) is 13.8. The Morgan fingerprint density at radius 2 is 2.14 bits per heavy atom. The molecule has 0 aliphatic rings. The molecule has 21 heavy (non-hydrogen) atoms. The molecule has 1 unspecified atom stereocenters. The van der Waals surface area contributed by atoms with Crippen LogP contribution >= 0.6 is 15.9 Å². The van der Waals surface area contributed by atoms with Crippen LogP contribution in [0.5, 0.6) is 0 Å². The van der Waals surface area contributed by atoms with Gasteiger partial charge in [-0.1, -0.05) is 19.9 Å². The third-order valence-corrected chi connectivity index (χ3v) is 3.73. The Bertz CT molecular complexity index is 544. The Morgan fingerprint density at radius 3 is 2.67 bits per heavy atom. The van der Waals surface area contributed by atoms with Gasteiger partial charge in [-0.05, 0) is 41.3 Å². The lowest BCUT2D eigenvalue weighted by atomic mass is 9.94. The second-order valence-electron chi connectivity index (χ2n) is 5.67. The number of carbonyl (C=O) groups is 1. The van der Waals surface area contributed by atoms with E-state index in [9.17, 15) is 20.0 Å². The Morgan fingerprint density at radius 1 is 1.52 bits per heavy atom. The van der Waals surface area contributed by atoms with Gasteiger partial charge in [-0.3, -0.25) is 14.9 Å². The van der Waals surface area contributed by atoms with Crippen molar-refractivity contribution in [2.24, 2.45) is 5.92 Å². The fourth-order valence-electron chi connectivity index (χ4n) is 2.15. The number of amides is 1. The van der Waals surface area contributed by atoms with Crippen LogP contribution in [0.15, 0.2) is 22.7 Å². The number of benzene rings is 1. The van der Waals surface area contributed by atoms with E-state index in [-0.39, 0.29) is 22.3 Å². The van der Waals surface area contributed by atoms with Crippen LogP contribution in [0, 0.1) is 16.0 Å². The molecule has 1 aromatic carbocycles. The van der Waals surface area contributed by atoms with Crippen LogP contribution in [0.2, 0.25) is 0 Å². The van der Waals surface area contributed by atoms with Gasteiger partial charge < -0.3 is 10.4 Å². The Labute approximate surface area is 131 Å². The topological polar surface area (TPSA) is 92.5 Å². The summed E-state index contributed by atoms with van der Waals surface area (Å²) in [5, 5.41) is 23.6. The number of carbonyl (C=O) groups excluding carboxylic acids is 1. The number of halogens is 1. The van der Waals surface area contributed by atoms with Crippen molar-refractivity contribution in [3.63, 3.8) is 0 Å². The highest BCUT2D eigenvalue weighted by molar-refractivity contribution is 9.10. The molecule has 2 N–H and O–H groups in total. The van der Waals surface area contributed by atoms with Crippen molar-refractivity contribution in [2.45, 2.75) is 32.8 Å². The molecule has 0 saturated heterocycles. The molecular formula is C14H19BrN2O4. The normalized spacial score (nSPS) is 13.8. The van der Waals surface area contributed by atoms with E-state index in [0.29, 0.717) is 12.3 Å². The molecule has 1 aromatic rings. The van der Waals surface area contributed by atoms with Crippen molar-refractivity contribution >= 4 is 27.5 Å². The summed E-state index contributed by atoms with van der Waals surface area (Å²) in [5.74, 6) is -0.170. The van der Waals surface area contributed by atoms with Gasteiger partial charge in [0.05, 0.1) is 16.1 Å². The second-order valence-corrected chi connectivity index (χ2v) is 6.47. The van der Waals surface area contributed by atoms with E-state index >= 15 is 0 Å². The molecular weight excluding hydrogens is 340 g/mol. The van der Waals surface area contributed by atoms with Gasteiger partial charge in [0.15, 0.2) is 0 Å². The van der Waals surface area contributed by atoms with Crippen molar-refractivity contribution < 1.29 is 14.8 Å². The number of hydrogen-bond acceptors (Lipinski definition) is 4. The zero-order chi connectivity index (χ0) is 16.2. The third-order valence-electron chi connectivity index (χ3n) is 2.90. The van der Waals surface area contributed by atoms with E-state index in [2.05, 4.69) is 21.2 Å². The maximum atomic E-state index is 12.1. The van der Waals surface area contributed by atoms with Crippen LogP contribution in [-0.4, -0.2) is 28.1 Å². The highest BCUT2D eigenvalue weighted by atomic mass is 79.9. The SMILES string of the molecule is CC(C)CC(C)(O)CNC(=O)c1cccc([N+](=O)[O-])c1Br. The van der Waals surface area contributed by atoms with E-state index in [1.54, 1.807) is 6.92 Å². The van der Waals surface area contributed by atoms with Gasteiger partial charge in [-0.15, -0.1) is 0 Å². The lowest BCUT2D eigenvalue weighted by molar-refractivity contribution is -0.385. The average Bonchev–Trinajstić information content (AvgIpc) is 2.34. The number of rotatable bonds is 6. The molecule has 0 saturated carbocycles. The van der Waals surface area contributed by atoms with Crippen molar-refractivity contribution in [3.05, 3.63) is 38.3 Å². The molecule has 0 fully saturated rings. The van der Waals surface area contributed by atoms with Crippen LogP contribution in [0.25, 0.3) is 0 Å². The fraction of sp³-hybridized carbons (Fsp3) is 0.500. The largest absolute Gasteiger partial charge is 0.388 e. The summed E-state index contributed by atoms with van der Waals surface area (Å²) in [5.41, 5.74) is -1.02. The van der Waals surface area contributed by atoms with Crippen LogP contribution in [0.4, 0.5) is 5.69 Å². The summed E-state index contributed by atoms with van der Waals surface area (Å²) < 4.78 is 0.135. The quantitative estimate of drug-likeness (QED) is 0.603. The maximum Gasteiger partial charge on any atom is 0.284 e. The Balaban J connectivity index is 2.82. The van der Waals surface area contributed by atoms with E-state index in [1.807, 2.05) is 13.8 Å². The van der Waals surface area contributed by atoms with Crippen LogP contribution in [0.1, 0.15) is 37.6 Å². The Kier molecular flexibility index (Phi) is 5.86. The molecule has 1 rings (SSSR count). The minimum atomic E-state index is -1.02. The van der Waals surface area contributed by atoms with Gasteiger partial charge in [-0.2, -0.15) is 0 Å². The molecule has 7 heteroatoms. The van der Waals surface area contributed by atoms with Crippen molar-refractivity contribution in [1.82, 2.24) is 5.32 Å². The second kappa shape index (κ2) is 7.00. The van der Waals surface area contributed by atoms with Gasteiger partial charge in [0.2, 0.25) is 0 Å². The summed E-state index contributed by atoms with van der Waals surface area (Å²) in [6.07, 6.45) is 0.545. The highest BCUT2D eigenvalue weighted by Crippen LogP contribution is 2.28. The summed E-state index contributed by atoms with van der Waals surface area (Å²) in [7, 11) is 0. The predicted octanol–water partition coefficient (Wildman–Crippen LogP) is 2.88. The smallest absolute Gasteiger partial charge is 0.284 e. The van der Waals surface area contributed by atoms with Crippen molar-refractivity contribution in [2.75, 3.05) is 6.54 Å². The highest BCUT2D eigenvalue weighted by Gasteiger charge is 2.24. The fourth-order valence-corrected chi connectivity index (χ4v) is 2.74. The average molecular weight is 359 g/mol. The van der Waals surface area contributed by atoms with E-state index in [0.717, 1.165) is 0 Å². The van der Waals surface area contributed by atoms with Crippen LogP contribution in [-0.2, 0) is 0 Å². The molecule has 116 valence electrons. The first-order valence-electron chi connectivity index (χ1n) is 6.57. The molecule has 0 radical (unpaired) electrons. The van der Waals surface area contributed by atoms with Gasteiger partial charge in [0.25, 0.3) is 11.6 Å². The summed E-state index contributed by atoms with van der Waals surface area (Å²) >= 11 is 3.08. The van der Waals surface area contributed by atoms with Gasteiger partial charge in [-0.25, -0.2) is 0 Å². The van der Waals surface area contributed by atoms with Crippen molar-refractivity contribution in [3.8, 4) is 0 Å². The number of hydrogen-bond donors (Lipinski definition) is 2. The summed E-state index contributed by atoms with van der Waals surface area (Å²) in [6.45, 7) is 5.69. The molecule has 0 spiro atoms. The first-order valence-corrected chi connectivity index (χ1v) is 7.37. The first-order chi connectivity index (χ1) is 9.64. The molecule has 0 aliphatic carbocycles. The van der Waals surface area contributed by atoms with Gasteiger partial charge >= 0.3 is 0 Å². The minimum absolute atomic E-state index is 0.0825. The molecule has 0 aromatic heterocycles. The number of nitro benzene ring substituents is 1. The maximum absolute atomic E-state index is 12.1. The van der Waals surface area contributed by atoms with Gasteiger partial charge in [0.1, 0.15) is 4.47 Å². The van der Waals surface area contributed by atoms with E-state index in [4.69, 9.17) is 0 Å². The van der Waals surface area contributed by atoms with Crippen molar-refractivity contribution in [1.29, 1.82) is 0 Å². The monoisotopic (exact) mass is 358 g/mol. The van der Waals surface area contributed by atoms with Gasteiger partial charge in [0, 0.05) is 12.6 Å². The van der Waals surface area contributed by atoms with Crippen LogP contribution < -0.4 is 5.32 Å². The molecule has 0 bridgehead atoms. The zero-order valence-electron chi connectivity index (χ0n) is 12.2. The number of nitrogens with zero attached hydrogens (tertiary/aromatic N) is 1. The summed E-state index contributed by atoms with van der Waals surface area (Å²) in [4.78, 5) is 22.4. The molecule has 0 aliphatic heterocycles. The molecule has 1 amide bonds. The summed E-state index contributed by atoms with van der Waals surface area (Å²) in [6, 6.07) is 4.25. The Hall–Kier alpha value is -1.47. The van der Waals surface area contributed by atoms with E-state index in [1.165, 1.54) is 18.2 Å². The molecule has 1 atom stereocenters. The number of aliphatic hydroxyl groups is 1. The lowest BCUT2D eigenvalue weighted by Gasteiger charge is -2.25. The first kappa shape index (κ1) is 17.6. The standard InChI is InChI=1S/C14H19BrN2O4/c1-9(2)7-14(3,19)8-16-13(18)10-5-4-6-11(12(10)15)17(20)21/h4-6,9,19H,7-8H2,1-3H3,(H,16,18). The molecule has 6 nitrogen and oxygen atoms in total. The number of nitro groups is 1. The van der Waals surface area contributed by atoms with E-state index < -0.39 is 16.4 Å². The number of nitrogens with one attached hydrogen (secondary N) is 1. The lowest BCUT2D eigenvalue weighted by Crippen LogP contribution is -2.41.